The van der Waals surface area contributed by atoms with Gasteiger partial charge in [0.2, 0.25) is 0 Å². The first-order chi connectivity index (χ1) is 9.34. The zero-order valence-corrected chi connectivity index (χ0v) is 14.0. The van der Waals surface area contributed by atoms with Gasteiger partial charge in [0.1, 0.15) is 4.75 Å². The number of hydrogen-bond donors (Lipinski definition) is 0. The van der Waals surface area contributed by atoms with Gasteiger partial charge in [0.25, 0.3) is 0 Å². The predicted octanol–water partition coefficient (Wildman–Crippen LogP) is 4.47. The van der Waals surface area contributed by atoms with Crippen LogP contribution in [0.4, 0.5) is 13.2 Å². The van der Waals surface area contributed by atoms with E-state index in [4.69, 9.17) is 0 Å². The van der Waals surface area contributed by atoms with Gasteiger partial charge in [-0.15, -0.1) is 4.31 Å². The number of rotatable bonds is 3. The molecule has 0 N–H and O–H groups in total. The molecule has 0 fully saturated rings. The Balaban J connectivity index is 3.13. The van der Waals surface area contributed by atoms with E-state index in [0.717, 1.165) is 12.1 Å². The van der Waals surface area contributed by atoms with Crippen LogP contribution in [0.3, 0.4) is 0 Å². The third kappa shape index (κ3) is 4.63. The van der Waals surface area contributed by atoms with E-state index in [1.165, 1.54) is 0 Å². The Morgan fingerprint density at radius 3 is 2.10 bits per heavy atom. The summed E-state index contributed by atoms with van der Waals surface area (Å²) in [6, 6.07) is 3.59. The highest BCUT2D eigenvalue weighted by Gasteiger charge is 2.35. The van der Waals surface area contributed by atoms with Gasteiger partial charge in [-0.05, 0) is 52.3 Å². The van der Waals surface area contributed by atoms with E-state index in [9.17, 15) is 17.7 Å². The lowest BCUT2D eigenvalue weighted by molar-refractivity contribution is -0.137. The number of aryl methyl sites for hydroxylation is 1. The van der Waals surface area contributed by atoms with Crippen molar-refractivity contribution in [3.8, 4) is 0 Å². The Kier molecular flexibility index (Phi) is 5.40. The number of halogens is 3. The smallest absolute Gasteiger partial charge is 0.416 e. The van der Waals surface area contributed by atoms with Crippen LogP contribution >= 0.6 is 0 Å². The molecule has 0 aliphatic carbocycles. The highest BCUT2D eigenvalue weighted by molar-refractivity contribution is 7.90. The normalized spacial score (nSPS) is 16.1. The first-order valence-corrected chi connectivity index (χ1v) is 7.78. The molecule has 0 saturated heterocycles. The molecule has 0 aliphatic rings. The van der Waals surface area contributed by atoms with Gasteiger partial charge in [-0.2, -0.15) is 13.2 Å². The molecule has 0 bridgehead atoms. The molecule has 1 aromatic rings. The molecule has 21 heavy (non-hydrogen) atoms. The minimum Gasteiger partial charge on any atom is -0.597 e. The second-order valence-electron chi connectivity index (χ2n) is 6.21. The maximum Gasteiger partial charge on any atom is 0.416 e. The summed E-state index contributed by atoms with van der Waals surface area (Å²) in [4.78, 5) is 0. The summed E-state index contributed by atoms with van der Waals surface area (Å²) in [5, 5.41) is 0. The van der Waals surface area contributed by atoms with Gasteiger partial charge in [0.05, 0.1) is 11.6 Å². The fraction of sp³-hybridized carbons (Fsp3) is 0.600. The molecule has 0 aliphatic heterocycles. The summed E-state index contributed by atoms with van der Waals surface area (Å²) >= 11 is -1.29. The van der Waals surface area contributed by atoms with Crippen LogP contribution in [0.1, 0.15) is 50.4 Å². The summed E-state index contributed by atoms with van der Waals surface area (Å²) in [5.41, 5.74) is 0.392. The largest absolute Gasteiger partial charge is 0.597 e. The molecule has 120 valence electrons. The fourth-order valence-corrected chi connectivity index (χ4v) is 3.28. The second kappa shape index (κ2) is 6.18. The zero-order valence-electron chi connectivity index (χ0n) is 13.2. The zero-order chi connectivity index (χ0) is 16.6. The average Bonchev–Trinajstić information content (AvgIpc) is 2.33. The minimum absolute atomic E-state index is 0.369. The van der Waals surface area contributed by atoms with E-state index >= 15 is 0 Å². The van der Waals surface area contributed by atoms with Crippen molar-refractivity contribution in [2.24, 2.45) is 0 Å². The van der Waals surface area contributed by atoms with Crippen molar-refractivity contribution >= 4 is 11.4 Å². The monoisotopic (exact) mass is 321 g/mol. The van der Waals surface area contributed by atoms with E-state index in [1.54, 1.807) is 31.3 Å². The molecular weight excluding hydrogens is 299 g/mol. The molecule has 0 saturated carbocycles. The first kappa shape index (κ1) is 18.3. The summed E-state index contributed by atoms with van der Waals surface area (Å²) in [7, 11) is 1.67. The van der Waals surface area contributed by atoms with Crippen LogP contribution in [-0.2, 0) is 17.5 Å². The van der Waals surface area contributed by atoms with Crippen LogP contribution in [0.2, 0.25) is 0 Å². The van der Waals surface area contributed by atoms with Crippen molar-refractivity contribution in [1.82, 2.24) is 4.31 Å². The molecule has 0 radical (unpaired) electrons. The number of nitrogens with zero attached hydrogens (tertiary/aromatic N) is 1. The SMILES string of the molecule is Cc1cc([C@@H](C)N(C)[S+]([O-])C(C)(C)C)cc(C(F)(F)F)c1. The van der Waals surface area contributed by atoms with Crippen molar-refractivity contribution in [1.29, 1.82) is 0 Å². The van der Waals surface area contributed by atoms with Gasteiger partial charge in [-0.1, -0.05) is 11.6 Å². The maximum absolute atomic E-state index is 12.9. The highest BCUT2D eigenvalue weighted by Crippen LogP contribution is 2.34. The molecule has 2 nitrogen and oxygen atoms in total. The van der Waals surface area contributed by atoms with E-state index in [1.807, 2.05) is 20.8 Å². The molecule has 6 heteroatoms. The van der Waals surface area contributed by atoms with Crippen LogP contribution in [0.15, 0.2) is 18.2 Å². The Hall–Kier alpha value is -0.720. The lowest BCUT2D eigenvalue weighted by Crippen LogP contribution is -2.41. The third-order valence-electron chi connectivity index (χ3n) is 3.24. The van der Waals surface area contributed by atoms with Gasteiger partial charge in [-0.3, -0.25) is 0 Å². The standard InChI is InChI=1S/C15H22F3NOS/c1-10-7-12(9-13(8-10)15(16,17)18)11(2)19(6)21(20)14(3,4)5/h7-9,11H,1-6H3/t11-,21?/m1/s1. The van der Waals surface area contributed by atoms with Gasteiger partial charge in [0, 0.05) is 18.4 Å². The minimum atomic E-state index is -4.37. The van der Waals surface area contributed by atoms with Crippen molar-refractivity contribution < 1.29 is 17.7 Å². The lowest BCUT2D eigenvalue weighted by Gasteiger charge is -2.34. The van der Waals surface area contributed by atoms with E-state index < -0.39 is 27.8 Å². The van der Waals surface area contributed by atoms with Crippen molar-refractivity contribution in [2.45, 2.75) is 51.6 Å². The fourth-order valence-electron chi connectivity index (χ4n) is 2.00. The van der Waals surface area contributed by atoms with Crippen LogP contribution < -0.4 is 0 Å². The molecule has 1 rings (SSSR count). The predicted molar refractivity (Wildman–Crippen MR) is 80.3 cm³/mol. The van der Waals surface area contributed by atoms with Gasteiger partial charge in [0.15, 0.2) is 0 Å². The van der Waals surface area contributed by atoms with Crippen LogP contribution in [0.25, 0.3) is 0 Å². The molecular formula is C15H22F3NOS. The summed E-state index contributed by atoms with van der Waals surface area (Å²) in [6.45, 7) is 8.90. The number of alkyl halides is 3. The molecule has 0 spiro atoms. The highest BCUT2D eigenvalue weighted by atomic mass is 32.2. The van der Waals surface area contributed by atoms with Crippen LogP contribution in [-0.4, -0.2) is 20.7 Å². The van der Waals surface area contributed by atoms with E-state index in [-0.39, 0.29) is 6.04 Å². The Labute approximate surface area is 127 Å². The quantitative estimate of drug-likeness (QED) is 0.768. The maximum atomic E-state index is 12.9. The summed E-state index contributed by atoms with van der Waals surface area (Å²) < 4.78 is 52.2. The summed E-state index contributed by atoms with van der Waals surface area (Å²) in [5.74, 6) is 0. The molecule has 2 atom stereocenters. The van der Waals surface area contributed by atoms with Crippen molar-refractivity contribution in [2.75, 3.05) is 7.05 Å². The Morgan fingerprint density at radius 2 is 1.67 bits per heavy atom. The molecule has 1 unspecified atom stereocenters. The first-order valence-electron chi connectivity index (χ1n) is 6.67. The molecule has 0 amide bonds. The number of hydrogen-bond acceptors (Lipinski definition) is 2. The molecule has 0 heterocycles. The van der Waals surface area contributed by atoms with Gasteiger partial charge in [-0.25, -0.2) is 0 Å². The average molecular weight is 321 g/mol. The molecule has 0 aromatic heterocycles. The topological polar surface area (TPSA) is 26.3 Å². The Morgan fingerprint density at radius 1 is 1.14 bits per heavy atom. The van der Waals surface area contributed by atoms with Crippen LogP contribution in [0, 0.1) is 6.92 Å². The van der Waals surface area contributed by atoms with Crippen LogP contribution in [0.5, 0.6) is 0 Å². The second-order valence-corrected chi connectivity index (χ2v) is 8.51. The van der Waals surface area contributed by atoms with E-state index in [2.05, 4.69) is 0 Å². The van der Waals surface area contributed by atoms with Gasteiger partial charge >= 0.3 is 6.18 Å². The molecule has 1 aromatic carbocycles. The lowest BCUT2D eigenvalue weighted by atomic mass is 10.0. The number of benzene rings is 1. The van der Waals surface area contributed by atoms with Crippen molar-refractivity contribution in [3.05, 3.63) is 34.9 Å². The third-order valence-corrected chi connectivity index (χ3v) is 5.13. The van der Waals surface area contributed by atoms with Crippen molar-refractivity contribution in [3.63, 3.8) is 0 Å². The van der Waals surface area contributed by atoms with Gasteiger partial charge < -0.3 is 4.55 Å². The van der Waals surface area contributed by atoms with E-state index in [0.29, 0.717) is 11.1 Å². The summed E-state index contributed by atoms with van der Waals surface area (Å²) in [6.07, 6.45) is -4.37. The Bertz CT molecular complexity index is 497.